The molecule has 24 heavy (non-hydrogen) atoms. The van der Waals surface area contributed by atoms with Crippen LogP contribution in [0.5, 0.6) is 0 Å². The van der Waals surface area contributed by atoms with E-state index in [4.69, 9.17) is 4.74 Å². The lowest BCUT2D eigenvalue weighted by atomic mass is 10.00. The van der Waals surface area contributed by atoms with Crippen LogP contribution in [0.3, 0.4) is 0 Å². The molecule has 2 aliphatic heterocycles. The van der Waals surface area contributed by atoms with Gasteiger partial charge >= 0.3 is 0 Å². The first-order valence-electron chi connectivity index (χ1n) is 9.43. The van der Waals surface area contributed by atoms with Crippen LogP contribution in [0.2, 0.25) is 0 Å². The Labute approximate surface area is 146 Å². The van der Waals surface area contributed by atoms with Crippen LogP contribution < -0.4 is 0 Å². The first-order valence-corrected chi connectivity index (χ1v) is 9.43. The first-order chi connectivity index (χ1) is 11.6. The van der Waals surface area contributed by atoms with E-state index in [-0.39, 0.29) is 6.10 Å². The number of morpholine rings is 1. The van der Waals surface area contributed by atoms with Gasteiger partial charge in [0.2, 0.25) is 0 Å². The van der Waals surface area contributed by atoms with Crippen LogP contribution in [-0.2, 0) is 4.74 Å². The van der Waals surface area contributed by atoms with Crippen molar-refractivity contribution in [3.8, 4) is 0 Å². The summed E-state index contributed by atoms with van der Waals surface area (Å²) in [6.45, 7) is 10.9. The number of hydrogen-bond acceptors (Lipinski definition) is 4. The monoisotopic (exact) mass is 332 g/mol. The van der Waals surface area contributed by atoms with Crippen LogP contribution in [0.25, 0.3) is 0 Å². The van der Waals surface area contributed by atoms with Crippen LogP contribution >= 0.6 is 0 Å². The highest BCUT2D eigenvalue weighted by Gasteiger charge is 2.25. The SMILES string of the molecule is Cc1ccc(C)c(C(O)CN2CCOC(CN3CCCCC3)C2)c1. The molecule has 2 fully saturated rings. The van der Waals surface area contributed by atoms with Gasteiger partial charge in [0, 0.05) is 26.2 Å². The summed E-state index contributed by atoms with van der Waals surface area (Å²) >= 11 is 0. The van der Waals surface area contributed by atoms with Gasteiger partial charge in [-0.25, -0.2) is 0 Å². The Balaban J connectivity index is 1.53. The third-order valence-corrected chi connectivity index (χ3v) is 5.36. The number of β-amino-alcohol motifs (C(OH)–C–C–N with tert-alkyl or cyclic N) is 1. The normalized spacial score (nSPS) is 24.9. The number of nitrogens with zero attached hydrogens (tertiary/aromatic N) is 2. The molecule has 3 rings (SSSR count). The van der Waals surface area contributed by atoms with Crippen molar-refractivity contribution in [2.24, 2.45) is 0 Å². The molecule has 2 heterocycles. The van der Waals surface area contributed by atoms with E-state index in [1.165, 1.54) is 43.5 Å². The van der Waals surface area contributed by atoms with E-state index in [1.54, 1.807) is 0 Å². The van der Waals surface area contributed by atoms with Gasteiger partial charge in [-0.15, -0.1) is 0 Å². The Kier molecular flexibility index (Phi) is 6.28. The van der Waals surface area contributed by atoms with Gasteiger partial charge in [0.25, 0.3) is 0 Å². The third-order valence-electron chi connectivity index (χ3n) is 5.36. The van der Waals surface area contributed by atoms with Crippen molar-refractivity contribution in [3.05, 3.63) is 34.9 Å². The van der Waals surface area contributed by atoms with Gasteiger partial charge in [-0.1, -0.05) is 30.2 Å². The molecule has 0 radical (unpaired) electrons. The standard InChI is InChI=1S/C20H32N2O2/c1-16-6-7-17(2)19(12-16)20(23)15-22-10-11-24-18(14-22)13-21-8-4-3-5-9-21/h6-7,12,18,20,23H,3-5,8-11,13-15H2,1-2H3. The van der Waals surface area contributed by atoms with Crippen molar-refractivity contribution in [3.63, 3.8) is 0 Å². The fourth-order valence-electron chi connectivity index (χ4n) is 3.95. The molecule has 1 aromatic carbocycles. The quantitative estimate of drug-likeness (QED) is 0.899. The largest absolute Gasteiger partial charge is 0.387 e. The number of ether oxygens (including phenoxy) is 1. The van der Waals surface area contributed by atoms with Gasteiger partial charge in [-0.05, 0) is 50.9 Å². The van der Waals surface area contributed by atoms with Crippen molar-refractivity contribution in [1.29, 1.82) is 0 Å². The number of likely N-dealkylation sites (tertiary alicyclic amines) is 1. The topological polar surface area (TPSA) is 35.9 Å². The van der Waals surface area contributed by atoms with Gasteiger partial charge < -0.3 is 14.7 Å². The summed E-state index contributed by atoms with van der Waals surface area (Å²) in [6, 6.07) is 6.33. The maximum Gasteiger partial charge on any atom is 0.0919 e. The van der Waals surface area contributed by atoms with E-state index in [2.05, 4.69) is 41.8 Å². The zero-order valence-corrected chi connectivity index (χ0v) is 15.2. The smallest absolute Gasteiger partial charge is 0.0919 e. The second-order valence-corrected chi connectivity index (χ2v) is 7.49. The summed E-state index contributed by atoms with van der Waals surface area (Å²) in [5, 5.41) is 10.7. The number of hydrogen-bond donors (Lipinski definition) is 1. The minimum atomic E-state index is -0.418. The molecule has 1 aromatic rings. The molecule has 0 amide bonds. The highest BCUT2D eigenvalue weighted by atomic mass is 16.5. The summed E-state index contributed by atoms with van der Waals surface area (Å²) in [7, 11) is 0. The molecule has 2 saturated heterocycles. The van der Waals surface area contributed by atoms with Crippen molar-refractivity contribution < 1.29 is 9.84 Å². The summed E-state index contributed by atoms with van der Waals surface area (Å²) in [5.41, 5.74) is 3.44. The van der Waals surface area contributed by atoms with Gasteiger partial charge in [-0.3, -0.25) is 4.90 Å². The van der Waals surface area contributed by atoms with E-state index in [1.807, 2.05) is 0 Å². The average Bonchev–Trinajstić information content (AvgIpc) is 2.58. The molecule has 1 N–H and O–H groups in total. The Morgan fingerprint density at radius 3 is 2.71 bits per heavy atom. The second-order valence-electron chi connectivity index (χ2n) is 7.49. The lowest BCUT2D eigenvalue weighted by molar-refractivity contribution is -0.0550. The van der Waals surface area contributed by atoms with Gasteiger partial charge in [0.1, 0.15) is 0 Å². The van der Waals surface area contributed by atoms with Crippen molar-refractivity contribution in [1.82, 2.24) is 9.80 Å². The number of rotatable bonds is 5. The van der Waals surface area contributed by atoms with Crippen LogP contribution in [0.15, 0.2) is 18.2 Å². The lowest BCUT2D eigenvalue weighted by Crippen LogP contribution is -2.49. The molecule has 4 nitrogen and oxygen atoms in total. The zero-order chi connectivity index (χ0) is 16.9. The minimum absolute atomic E-state index is 0.280. The van der Waals surface area contributed by atoms with E-state index in [0.29, 0.717) is 6.54 Å². The molecule has 4 heteroatoms. The molecule has 0 aromatic heterocycles. The summed E-state index contributed by atoms with van der Waals surface area (Å²) in [5.74, 6) is 0. The molecule has 2 atom stereocenters. The van der Waals surface area contributed by atoms with Gasteiger partial charge in [-0.2, -0.15) is 0 Å². The molecule has 134 valence electrons. The number of piperidine rings is 1. The second kappa shape index (κ2) is 8.43. The predicted octanol–water partition coefficient (Wildman–Crippen LogP) is 2.52. The van der Waals surface area contributed by atoms with Crippen molar-refractivity contribution >= 4 is 0 Å². The fraction of sp³-hybridized carbons (Fsp3) is 0.700. The number of aliphatic hydroxyl groups is 1. The van der Waals surface area contributed by atoms with Crippen molar-refractivity contribution in [2.45, 2.75) is 45.3 Å². The molecule has 0 bridgehead atoms. The third kappa shape index (κ3) is 4.79. The molecule has 2 aliphatic rings. The number of benzene rings is 1. The molecule has 0 spiro atoms. The van der Waals surface area contributed by atoms with E-state index in [9.17, 15) is 5.11 Å². The van der Waals surface area contributed by atoms with Crippen molar-refractivity contribution in [2.75, 3.05) is 45.9 Å². The van der Waals surface area contributed by atoms with Gasteiger partial charge in [0.05, 0.1) is 18.8 Å². The van der Waals surface area contributed by atoms with E-state index in [0.717, 1.165) is 31.8 Å². The Morgan fingerprint density at radius 1 is 1.12 bits per heavy atom. The first kappa shape index (κ1) is 17.9. The molecule has 0 aliphatic carbocycles. The van der Waals surface area contributed by atoms with E-state index < -0.39 is 6.10 Å². The lowest BCUT2D eigenvalue weighted by Gasteiger charge is -2.37. The molecule has 2 unspecified atom stereocenters. The van der Waals surface area contributed by atoms with Crippen LogP contribution in [0.1, 0.15) is 42.1 Å². The maximum atomic E-state index is 10.7. The van der Waals surface area contributed by atoms with E-state index >= 15 is 0 Å². The summed E-state index contributed by atoms with van der Waals surface area (Å²) in [4.78, 5) is 4.91. The zero-order valence-electron chi connectivity index (χ0n) is 15.2. The summed E-state index contributed by atoms with van der Waals surface area (Å²) in [6.07, 6.45) is 3.88. The predicted molar refractivity (Wildman–Crippen MR) is 97.3 cm³/mol. The Morgan fingerprint density at radius 2 is 1.92 bits per heavy atom. The minimum Gasteiger partial charge on any atom is -0.387 e. The number of aliphatic hydroxyl groups excluding tert-OH is 1. The maximum absolute atomic E-state index is 10.7. The van der Waals surface area contributed by atoms with Crippen LogP contribution in [-0.4, -0.2) is 66.9 Å². The van der Waals surface area contributed by atoms with Crippen LogP contribution in [0.4, 0.5) is 0 Å². The molecular formula is C20H32N2O2. The Bertz CT molecular complexity index is 528. The highest BCUT2D eigenvalue weighted by molar-refractivity contribution is 5.32. The highest BCUT2D eigenvalue weighted by Crippen LogP contribution is 2.21. The fourth-order valence-corrected chi connectivity index (χ4v) is 3.95. The average molecular weight is 332 g/mol. The molecule has 0 saturated carbocycles. The van der Waals surface area contributed by atoms with Crippen LogP contribution in [0, 0.1) is 13.8 Å². The molecular weight excluding hydrogens is 300 g/mol. The number of aryl methyl sites for hydroxylation is 2. The Hall–Kier alpha value is -0.940. The van der Waals surface area contributed by atoms with Gasteiger partial charge in [0.15, 0.2) is 0 Å². The summed E-state index contributed by atoms with van der Waals surface area (Å²) < 4.78 is 5.98.